The van der Waals surface area contributed by atoms with Crippen LogP contribution in [-0.4, -0.2) is 18.0 Å². The van der Waals surface area contributed by atoms with Gasteiger partial charge in [0.05, 0.1) is 0 Å². The fourth-order valence-electron chi connectivity index (χ4n) is 0.596. The molecule has 0 unspecified atom stereocenters. The highest BCUT2D eigenvalue weighted by molar-refractivity contribution is 6.44. The Bertz CT molecular complexity index is 194. The van der Waals surface area contributed by atoms with Crippen LogP contribution in [-0.2, 0) is 4.79 Å². The monoisotopic (exact) mass is 152 g/mol. The molecule has 0 aromatic carbocycles. The maximum absolute atomic E-state index is 11.0. The molecular weight excluding hydrogens is 140 g/mol. The summed E-state index contributed by atoms with van der Waals surface area (Å²) in [4.78, 5) is 14.8. The van der Waals surface area contributed by atoms with Crippen molar-refractivity contribution in [3.63, 3.8) is 0 Å². The number of carbonyl (C=O) groups excluding carboxylic acids is 1. The highest BCUT2D eigenvalue weighted by Gasteiger charge is 2.04. The average molecular weight is 152 g/mol. The molecule has 0 aliphatic heterocycles. The van der Waals surface area contributed by atoms with Crippen LogP contribution in [0.4, 0.5) is 0 Å². The molecule has 0 saturated heterocycles. The molecule has 0 bridgehead atoms. The van der Waals surface area contributed by atoms with E-state index in [-0.39, 0.29) is 5.78 Å². The van der Waals surface area contributed by atoms with Gasteiger partial charge in [0.1, 0.15) is 5.71 Å². The highest BCUT2D eigenvalue weighted by atomic mass is 16.1. The van der Waals surface area contributed by atoms with Crippen LogP contribution < -0.4 is 5.73 Å². The van der Waals surface area contributed by atoms with E-state index in [0.717, 1.165) is 0 Å². The van der Waals surface area contributed by atoms with Gasteiger partial charge in [0.15, 0.2) is 5.78 Å². The van der Waals surface area contributed by atoms with E-state index >= 15 is 0 Å². The molecule has 0 radical (unpaired) electrons. The SMILES string of the molecule is C=CN=C(C=C)C(=O)CCN. The molecule has 0 fully saturated rings. The first-order valence-corrected chi connectivity index (χ1v) is 3.30. The number of hydrogen-bond acceptors (Lipinski definition) is 3. The Kier molecular flexibility index (Phi) is 4.94. The van der Waals surface area contributed by atoms with Crippen LogP contribution in [0.5, 0.6) is 0 Å². The molecule has 0 spiro atoms. The first-order chi connectivity index (χ1) is 5.26. The fraction of sp³-hybridized carbons (Fsp3) is 0.250. The molecule has 11 heavy (non-hydrogen) atoms. The fourth-order valence-corrected chi connectivity index (χ4v) is 0.596. The molecule has 0 rings (SSSR count). The van der Waals surface area contributed by atoms with E-state index in [1.165, 1.54) is 12.3 Å². The zero-order valence-corrected chi connectivity index (χ0v) is 6.42. The molecule has 0 aromatic heterocycles. The van der Waals surface area contributed by atoms with Gasteiger partial charge in [-0.05, 0) is 12.6 Å². The van der Waals surface area contributed by atoms with Crippen molar-refractivity contribution >= 4 is 11.5 Å². The number of ketones is 1. The van der Waals surface area contributed by atoms with Gasteiger partial charge in [-0.25, -0.2) is 0 Å². The summed E-state index contributed by atoms with van der Waals surface area (Å²) in [7, 11) is 0. The molecule has 2 N–H and O–H groups in total. The number of nitrogens with two attached hydrogens (primary N) is 1. The maximum atomic E-state index is 11.0. The van der Waals surface area contributed by atoms with Crippen molar-refractivity contribution in [1.29, 1.82) is 0 Å². The summed E-state index contributed by atoms with van der Waals surface area (Å²) in [5.41, 5.74) is 5.51. The zero-order valence-electron chi connectivity index (χ0n) is 6.42. The number of allylic oxidation sites excluding steroid dienone is 1. The van der Waals surface area contributed by atoms with Crippen molar-refractivity contribution in [3.05, 3.63) is 25.4 Å². The predicted octanol–water partition coefficient (Wildman–Crippen LogP) is 0.675. The maximum Gasteiger partial charge on any atom is 0.182 e. The Morgan fingerprint density at radius 3 is 2.55 bits per heavy atom. The van der Waals surface area contributed by atoms with E-state index in [9.17, 15) is 4.79 Å². The summed E-state index contributed by atoms with van der Waals surface area (Å²) >= 11 is 0. The Morgan fingerprint density at radius 2 is 2.18 bits per heavy atom. The number of hydrogen-bond donors (Lipinski definition) is 1. The van der Waals surface area contributed by atoms with Gasteiger partial charge in [-0.1, -0.05) is 13.2 Å². The lowest BCUT2D eigenvalue weighted by Gasteiger charge is -1.95. The van der Waals surface area contributed by atoms with Gasteiger partial charge in [0.25, 0.3) is 0 Å². The Labute approximate surface area is 66.3 Å². The van der Waals surface area contributed by atoms with Crippen LogP contribution in [0.2, 0.25) is 0 Å². The zero-order chi connectivity index (χ0) is 8.69. The van der Waals surface area contributed by atoms with Crippen molar-refractivity contribution in [2.75, 3.05) is 6.54 Å². The minimum atomic E-state index is -0.0950. The number of nitrogens with zero attached hydrogens (tertiary/aromatic N) is 1. The third-order valence-corrected chi connectivity index (χ3v) is 1.08. The van der Waals surface area contributed by atoms with E-state index in [2.05, 4.69) is 18.2 Å². The third-order valence-electron chi connectivity index (χ3n) is 1.08. The van der Waals surface area contributed by atoms with E-state index in [0.29, 0.717) is 18.7 Å². The summed E-state index contributed by atoms with van der Waals surface area (Å²) in [5.74, 6) is -0.0950. The average Bonchev–Trinajstić information content (AvgIpc) is 2.00. The standard InChI is InChI=1S/C8H12N2O/c1-3-7(10-4-2)8(11)5-6-9/h3-4H,1-2,5-6,9H2. The van der Waals surface area contributed by atoms with E-state index < -0.39 is 0 Å². The molecule has 0 aliphatic carbocycles. The molecule has 0 amide bonds. The Morgan fingerprint density at radius 1 is 1.55 bits per heavy atom. The summed E-state index contributed by atoms with van der Waals surface area (Å²) in [5, 5.41) is 0. The van der Waals surface area contributed by atoms with Gasteiger partial charge in [-0.3, -0.25) is 9.79 Å². The molecule has 3 heteroatoms. The second kappa shape index (κ2) is 5.56. The number of Topliss-reactive ketones (excluding diaryl/α,β-unsaturated/α-hetero) is 1. The van der Waals surface area contributed by atoms with Crippen molar-refractivity contribution in [3.8, 4) is 0 Å². The van der Waals surface area contributed by atoms with Crippen LogP contribution >= 0.6 is 0 Å². The second-order valence-corrected chi connectivity index (χ2v) is 1.86. The van der Waals surface area contributed by atoms with Crippen LogP contribution in [0, 0.1) is 0 Å². The Hall–Kier alpha value is -1.22. The first-order valence-electron chi connectivity index (χ1n) is 3.30. The van der Waals surface area contributed by atoms with Crippen molar-refractivity contribution in [2.45, 2.75) is 6.42 Å². The molecule has 0 heterocycles. The van der Waals surface area contributed by atoms with Gasteiger partial charge < -0.3 is 5.73 Å². The van der Waals surface area contributed by atoms with Crippen molar-refractivity contribution < 1.29 is 4.79 Å². The van der Waals surface area contributed by atoms with E-state index in [1.807, 2.05) is 0 Å². The molecule has 0 saturated carbocycles. The lowest BCUT2D eigenvalue weighted by molar-refractivity contribution is -0.112. The van der Waals surface area contributed by atoms with Crippen LogP contribution in [0.15, 0.2) is 30.4 Å². The smallest absolute Gasteiger partial charge is 0.182 e. The Balaban J connectivity index is 4.25. The minimum Gasteiger partial charge on any atom is -0.330 e. The second-order valence-electron chi connectivity index (χ2n) is 1.86. The molecule has 0 aromatic rings. The van der Waals surface area contributed by atoms with Crippen molar-refractivity contribution in [1.82, 2.24) is 0 Å². The summed E-state index contributed by atoms with van der Waals surface area (Å²) in [6.45, 7) is 7.15. The lowest BCUT2D eigenvalue weighted by atomic mass is 10.2. The van der Waals surface area contributed by atoms with E-state index in [1.54, 1.807) is 0 Å². The van der Waals surface area contributed by atoms with Crippen LogP contribution in [0.1, 0.15) is 6.42 Å². The topological polar surface area (TPSA) is 55.5 Å². The van der Waals surface area contributed by atoms with Gasteiger partial charge in [-0.2, -0.15) is 0 Å². The van der Waals surface area contributed by atoms with Crippen molar-refractivity contribution in [2.24, 2.45) is 10.7 Å². The minimum absolute atomic E-state index is 0.0950. The van der Waals surface area contributed by atoms with E-state index in [4.69, 9.17) is 5.73 Å². The summed E-state index contributed by atoms with van der Waals surface area (Å²) < 4.78 is 0. The lowest BCUT2D eigenvalue weighted by Crippen LogP contribution is -2.15. The first kappa shape index (κ1) is 9.78. The third kappa shape index (κ3) is 3.47. The molecule has 0 atom stereocenters. The number of aliphatic imine (C=N–C) groups is 1. The van der Waals surface area contributed by atoms with Gasteiger partial charge in [0.2, 0.25) is 0 Å². The summed E-state index contributed by atoms with van der Waals surface area (Å²) in [6, 6.07) is 0. The normalized spacial score (nSPS) is 10.8. The summed E-state index contributed by atoms with van der Waals surface area (Å²) in [6.07, 6.45) is 3.02. The molecule has 60 valence electrons. The number of carbonyl (C=O) groups is 1. The van der Waals surface area contributed by atoms with Crippen LogP contribution in [0.25, 0.3) is 0 Å². The molecular formula is C8H12N2O. The number of rotatable bonds is 5. The molecule has 0 aliphatic rings. The quantitative estimate of drug-likeness (QED) is 0.589. The predicted molar refractivity (Wildman–Crippen MR) is 46.5 cm³/mol. The van der Waals surface area contributed by atoms with Gasteiger partial charge in [-0.15, -0.1) is 0 Å². The van der Waals surface area contributed by atoms with Crippen LogP contribution in [0.3, 0.4) is 0 Å². The highest BCUT2D eigenvalue weighted by Crippen LogP contribution is 1.88. The van der Waals surface area contributed by atoms with Gasteiger partial charge >= 0.3 is 0 Å². The largest absolute Gasteiger partial charge is 0.330 e. The van der Waals surface area contributed by atoms with Gasteiger partial charge in [0, 0.05) is 12.6 Å². The molecule has 3 nitrogen and oxygen atoms in total.